The summed E-state index contributed by atoms with van der Waals surface area (Å²) >= 11 is 1.37. The molecule has 6 heteroatoms. The molecule has 0 fully saturated rings. The highest BCUT2D eigenvalue weighted by Gasteiger charge is 2.27. The molecule has 0 aliphatic carbocycles. The van der Waals surface area contributed by atoms with Gasteiger partial charge in [-0.15, -0.1) is 11.3 Å². The van der Waals surface area contributed by atoms with E-state index in [1.807, 2.05) is 56.5 Å². The van der Waals surface area contributed by atoms with Gasteiger partial charge in [0.25, 0.3) is 0 Å². The van der Waals surface area contributed by atoms with Crippen LogP contribution in [0.3, 0.4) is 0 Å². The Labute approximate surface area is 152 Å². The van der Waals surface area contributed by atoms with Crippen LogP contribution in [-0.2, 0) is 9.59 Å². The van der Waals surface area contributed by atoms with Crippen molar-refractivity contribution in [1.29, 1.82) is 0 Å². The molecule has 0 aliphatic rings. The Bertz CT molecular complexity index is 712. The number of aromatic nitrogens is 1. The van der Waals surface area contributed by atoms with E-state index in [0.717, 1.165) is 11.3 Å². The molecule has 134 valence electrons. The summed E-state index contributed by atoms with van der Waals surface area (Å²) in [5, 5.41) is 14.6. The number of hydrogen-bond acceptors (Lipinski definition) is 4. The number of carboxylic acids is 1. The zero-order chi connectivity index (χ0) is 18.4. The summed E-state index contributed by atoms with van der Waals surface area (Å²) in [7, 11) is 0. The van der Waals surface area contributed by atoms with Crippen molar-refractivity contribution >= 4 is 28.3 Å². The summed E-state index contributed by atoms with van der Waals surface area (Å²) in [6.07, 6.45) is 0.739. The van der Waals surface area contributed by atoms with Gasteiger partial charge in [-0.1, -0.05) is 51.1 Å². The smallest absolute Gasteiger partial charge is 0.306 e. The van der Waals surface area contributed by atoms with Crippen LogP contribution in [-0.4, -0.2) is 22.0 Å². The number of nitrogens with zero attached hydrogens (tertiary/aromatic N) is 1. The number of anilines is 1. The number of thiazole rings is 1. The Kier molecular flexibility index (Phi) is 6.70. The maximum atomic E-state index is 12.2. The van der Waals surface area contributed by atoms with Crippen LogP contribution in [0.25, 0.3) is 11.3 Å². The molecule has 2 N–H and O–H groups in total. The Hall–Kier alpha value is -2.21. The van der Waals surface area contributed by atoms with Gasteiger partial charge in [0.15, 0.2) is 5.13 Å². The number of hydrogen-bond donors (Lipinski definition) is 2. The third-order valence-corrected chi connectivity index (χ3v) is 4.81. The highest BCUT2D eigenvalue weighted by molar-refractivity contribution is 7.14. The molecule has 0 saturated heterocycles. The molecule has 5 nitrogen and oxygen atoms in total. The standard InChI is InChI=1S/C19H24N2O3S/c1-12(2)9-15(18(23)24)13(3)10-17(22)21-19-20-16(11-25-19)14-7-5-4-6-8-14/h4-8,11-13,15H,9-10H2,1-3H3,(H,23,24)(H,20,21,22)/t13-,15-/m1/s1. The van der Waals surface area contributed by atoms with Gasteiger partial charge in [0, 0.05) is 17.4 Å². The van der Waals surface area contributed by atoms with Crippen molar-refractivity contribution in [2.75, 3.05) is 5.32 Å². The minimum absolute atomic E-state index is 0.171. The third kappa shape index (κ3) is 5.67. The zero-order valence-electron chi connectivity index (χ0n) is 14.7. The maximum absolute atomic E-state index is 12.2. The molecule has 1 aromatic carbocycles. The minimum Gasteiger partial charge on any atom is -0.481 e. The van der Waals surface area contributed by atoms with Crippen LogP contribution >= 0.6 is 11.3 Å². The monoisotopic (exact) mass is 360 g/mol. The van der Waals surface area contributed by atoms with Crippen molar-refractivity contribution < 1.29 is 14.7 Å². The number of rotatable bonds is 8. The lowest BCUT2D eigenvalue weighted by Gasteiger charge is -2.21. The van der Waals surface area contributed by atoms with Gasteiger partial charge in [-0.05, 0) is 18.3 Å². The van der Waals surface area contributed by atoms with Gasteiger partial charge in [-0.25, -0.2) is 4.98 Å². The molecule has 0 radical (unpaired) electrons. The van der Waals surface area contributed by atoms with Gasteiger partial charge in [0.1, 0.15) is 0 Å². The Morgan fingerprint density at radius 1 is 1.20 bits per heavy atom. The molecular weight excluding hydrogens is 336 g/mol. The molecule has 0 spiro atoms. The van der Waals surface area contributed by atoms with E-state index in [4.69, 9.17) is 0 Å². The van der Waals surface area contributed by atoms with Gasteiger partial charge in [-0.3, -0.25) is 9.59 Å². The van der Waals surface area contributed by atoms with Crippen LogP contribution in [0.5, 0.6) is 0 Å². The number of carboxylic acid groups (broad SMARTS) is 1. The van der Waals surface area contributed by atoms with Crippen molar-refractivity contribution in [2.24, 2.45) is 17.8 Å². The van der Waals surface area contributed by atoms with Crippen molar-refractivity contribution in [2.45, 2.75) is 33.6 Å². The van der Waals surface area contributed by atoms with E-state index >= 15 is 0 Å². The lowest BCUT2D eigenvalue weighted by molar-refractivity contribution is -0.144. The van der Waals surface area contributed by atoms with Crippen LogP contribution in [0.4, 0.5) is 5.13 Å². The summed E-state index contributed by atoms with van der Waals surface area (Å²) in [6.45, 7) is 5.80. The highest BCUT2D eigenvalue weighted by atomic mass is 32.1. The van der Waals surface area contributed by atoms with Crippen molar-refractivity contribution in [3.05, 3.63) is 35.7 Å². The first-order chi connectivity index (χ1) is 11.9. The first kappa shape index (κ1) is 19.1. The number of benzene rings is 1. The lowest BCUT2D eigenvalue weighted by atomic mass is 9.84. The first-order valence-electron chi connectivity index (χ1n) is 8.40. The maximum Gasteiger partial charge on any atom is 0.306 e. The van der Waals surface area contributed by atoms with Crippen molar-refractivity contribution in [3.8, 4) is 11.3 Å². The zero-order valence-corrected chi connectivity index (χ0v) is 15.5. The summed E-state index contributed by atoms with van der Waals surface area (Å²) in [4.78, 5) is 28.1. The van der Waals surface area contributed by atoms with Crippen LogP contribution in [0.1, 0.15) is 33.6 Å². The molecular formula is C19H24N2O3S. The second-order valence-electron chi connectivity index (χ2n) is 6.71. The van der Waals surface area contributed by atoms with E-state index in [2.05, 4.69) is 10.3 Å². The first-order valence-corrected chi connectivity index (χ1v) is 9.28. The second-order valence-corrected chi connectivity index (χ2v) is 7.57. The van der Waals surface area contributed by atoms with Crippen LogP contribution in [0.15, 0.2) is 35.7 Å². The van der Waals surface area contributed by atoms with Gasteiger partial charge in [-0.2, -0.15) is 0 Å². The fourth-order valence-corrected chi connectivity index (χ4v) is 3.50. The summed E-state index contributed by atoms with van der Waals surface area (Å²) in [5.74, 6) is -1.50. The number of aliphatic carboxylic acids is 1. The van der Waals surface area contributed by atoms with Crippen molar-refractivity contribution in [1.82, 2.24) is 4.98 Å². The van der Waals surface area contributed by atoms with E-state index in [-0.39, 0.29) is 24.2 Å². The Morgan fingerprint density at radius 2 is 1.88 bits per heavy atom. The molecule has 0 aliphatic heterocycles. The average Bonchev–Trinajstić information content (AvgIpc) is 3.01. The topological polar surface area (TPSA) is 79.3 Å². The third-order valence-electron chi connectivity index (χ3n) is 4.06. The second kappa shape index (κ2) is 8.76. The van der Waals surface area contributed by atoms with Gasteiger partial charge >= 0.3 is 5.97 Å². The predicted molar refractivity (Wildman–Crippen MR) is 101 cm³/mol. The molecule has 0 bridgehead atoms. The van der Waals surface area contributed by atoms with Crippen LogP contribution < -0.4 is 5.32 Å². The lowest BCUT2D eigenvalue weighted by Crippen LogP contribution is -2.27. The summed E-state index contributed by atoms with van der Waals surface area (Å²) in [6, 6.07) is 9.75. The molecule has 1 heterocycles. The quantitative estimate of drug-likeness (QED) is 0.725. The summed E-state index contributed by atoms with van der Waals surface area (Å²) < 4.78 is 0. The van der Waals surface area contributed by atoms with Gasteiger partial charge < -0.3 is 10.4 Å². The van der Waals surface area contributed by atoms with Gasteiger partial charge in [0.2, 0.25) is 5.91 Å². The fraction of sp³-hybridized carbons (Fsp3) is 0.421. The molecule has 25 heavy (non-hydrogen) atoms. The minimum atomic E-state index is -0.838. The normalized spacial score (nSPS) is 13.4. The Balaban J connectivity index is 1.96. The number of amides is 1. The molecule has 2 atom stereocenters. The van der Waals surface area contributed by atoms with E-state index in [0.29, 0.717) is 11.6 Å². The van der Waals surface area contributed by atoms with Crippen LogP contribution in [0, 0.1) is 17.8 Å². The Morgan fingerprint density at radius 3 is 2.48 bits per heavy atom. The molecule has 2 rings (SSSR count). The fourth-order valence-electron chi connectivity index (χ4n) is 2.76. The van der Waals surface area contributed by atoms with E-state index < -0.39 is 11.9 Å². The van der Waals surface area contributed by atoms with E-state index in [9.17, 15) is 14.7 Å². The average molecular weight is 360 g/mol. The highest BCUT2D eigenvalue weighted by Crippen LogP contribution is 2.26. The number of carbonyl (C=O) groups is 2. The number of carbonyl (C=O) groups excluding carboxylic acids is 1. The van der Waals surface area contributed by atoms with Crippen LogP contribution in [0.2, 0.25) is 0 Å². The SMILES string of the molecule is CC(C)C[C@@H](C(=O)O)[C@H](C)CC(=O)Nc1nc(-c2ccccc2)cs1. The van der Waals surface area contributed by atoms with E-state index in [1.165, 1.54) is 11.3 Å². The van der Waals surface area contributed by atoms with Crippen molar-refractivity contribution in [3.63, 3.8) is 0 Å². The van der Waals surface area contributed by atoms with E-state index in [1.54, 1.807) is 0 Å². The molecule has 1 amide bonds. The molecule has 2 aromatic rings. The number of nitrogens with one attached hydrogen (secondary N) is 1. The molecule has 0 saturated carbocycles. The molecule has 0 unspecified atom stereocenters. The van der Waals surface area contributed by atoms with Gasteiger partial charge in [0.05, 0.1) is 11.6 Å². The summed E-state index contributed by atoms with van der Waals surface area (Å²) in [5.41, 5.74) is 1.81. The predicted octanol–water partition coefficient (Wildman–Crippen LogP) is 4.52. The molecule has 1 aromatic heterocycles. The largest absolute Gasteiger partial charge is 0.481 e.